The molecule has 6 nitrogen and oxygen atoms in total. The molecular weight excluding hydrogens is 326 g/mol. The first-order valence-corrected chi connectivity index (χ1v) is 8.56. The van der Waals surface area contributed by atoms with Crippen LogP contribution in [0, 0.1) is 0 Å². The maximum Gasteiger partial charge on any atom is 0.319 e. The van der Waals surface area contributed by atoms with Crippen molar-refractivity contribution in [3.05, 3.63) is 46.7 Å². The highest BCUT2D eigenvalue weighted by molar-refractivity contribution is 7.09. The molecular formula is C17H21N3O3S. The highest BCUT2D eigenvalue weighted by Gasteiger charge is 2.03. The van der Waals surface area contributed by atoms with Crippen LogP contribution in [-0.4, -0.2) is 32.1 Å². The van der Waals surface area contributed by atoms with Crippen LogP contribution in [0.15, 0.2) is 41.8 Å². The molecule has 2 aromatic rings. The van der Waals surface area contributed by atoms with E-state index in [-0.39, 0.29) is 11.9 Å². The van der Waals surface area contributed by atoms with Gasteiger partial charge in [-0.1, -0.05) is 6.07 Å². The molecule has 0 spiro atoms. The van der Waals surface area contributed by atoms with Crippen LogP contribution in [0.5, 0.6) is 5.75 Å². The number of benzene rings is 1. The highest BCUT2D eigenvalue weighted by atomic mass is 32.1. The van der Waals surface area contributed by atoms with E-state index in [1.54, 1.807) is 42.6 Å². The van der Waals surface area contributed by atoms with Gasteiger partial charge in [-0.25, -0.2) is 4.79 Å². The molecule has 2 rings (SSSR count). The lowest BCUT2D eigenvalue weighted by Crippen LogP contribution is -2.30. The number of rotatable bonds is 8. The van der Waals surface area contributed by atoms with Crippen LogP contribution in [0.4, 0.5) is 10.5 Å². The van der Waals surface area contributed by atoms with Gasteiger partial charge >= 0.3 is 6.03 Å². The summed E-state index contributed by atoms with van der Waals surface area (Å²) in [5, 5.41) is 10.1. The Kier molecular flexibility index (Phi) is 7.10. The molecule has 0 bridgehead atoms. The fraction of sp³-hybridized carbons (Fsp3) is 0.294. The minimum atomic E-state index is -0.236. The molecule has 0 aliphatic heterocycles. The Morgan fingerprint density at radius 1 is 1.17 bits per heavy atom. The van der Waals surface area contributed by atoms with Gasteiger partial charge in [0.15, 0.2) is 0 Å². The van der Waals surface area contributed by atoms with Gasteiger partial charge in [0.25, 0.3) is 0 Å². The normalized spacial score (nSPS) is 10.0. The summed E-state index contributed by atoms with van der Waals surface area (Å²) in [5.74, 6) is 0.593. The molecule has 7 heteroatoms. The van der Waals surface area contributed by atoms with E-state index in [4.69, 9.17) is 4.74 Å². The zero-order chi connectivity index (χ0) is 17.2. The third-order valence-corrected chi connectivity index (χ3v) is 4.16. The molecule has 0 atom stereocenters. The summed E-state index contributed by atoms with van der Waals surface area (Å²) in [6.07, 6.45) is 1.13. The Balaban J connectivity index is 1.68. The van der Waals surface area contributed by atoms with E-state index < -0.39 is 0 Å². The molecule has 128 valence electrons. The molecule has 0 saturated carbocycles. The van der Waals surface area contributed by atoms with Gasteiger partial charge in [0, 0.05) is 24.2 Å². The molecule has 1 aromatic heterocycles. The predicted molar refractivity (Wildman–Crippen MR) is 95.7 cm³/mol. The molecule has 3 N–H and O–H groups in total. The monoisotopic (exact) mass is 347 g/mol. The maximum absolute atomic E-state index is 11.8. The van der Waals surface area contributed by atoms with Crippen LogP contribution in [-0.2, 0) is 11.2 Å². The number of thiophene rings is 1. The lowest BCUT2D eigenvalue weighted by Gasteiger charge is -2.09. The van der Waals surface area contributed by atoms with Crippen LogP contribution in [0.25, 0.3) is 0 Å². The average molecular weight is 347 g/mol. The van der Waals surface area contributed by atoms with Gasteiger partial charge in [-0.2, -0.15) is 0 Å². The first-order valence-electron chi connectivity index (χ1n) is 7.68. The molecule has 0 radical (unpaired) electrons. The molecule has 1 heterocycles. The second kappa shape index (κ2) is 9.57. The number of urea groups is 1. The minimum absolute atomic E-state index is 0.0625. The summed E-state index contributed by atoms with van der Waals surface area (Å²) in [6.45, 7) is 0.905. The Bertz CT molecular complexity index is 642. The van der Waals surface area contributed by atoms with Crippen molar-refractivity contribution in [1.82, 2.24) is 10.6 Å². The lowest BCUT2D eigenvalue weighted by atomic mass is 10.3. The molecule has 24 heavy (non-hydrogen) atoms. The largest absolute Gasteiger partial charge is 0.493 e. The smallest absolute Gasteiger partial charge is 0.319 e. The number of anilines is 1. The predicted octanol–water partition coefficient (Wildman–Crippen LogP) is 2.63. The maximum atomic E-state index is 11.8. The highest BCUT2D eigenvalue weighted by Crippen LogP contribution is 2.15. The van der Waals surface area contributed by atoms with Crippen molar-refractivity contribution in [2.24, 2.45) is 0 Å². The van der Waals surface area contributed by atoms with E-state index >= 15 is 0 Å². The summed E-state index contributed by atoms with van der Waals surface area (Å²) in [4.78, 5) is 24.1. The van der Waals surface area contributed by atoms with E-state index in [9.17, 15) is 9.59 Å². The number of carbonyl (C=O) groups excluding carboxylic acids is 2. The SMILES string of the molecule is CNC(=O)CCOc1ccc(NC(=O)NCCc2cccs2)cc1. The zero-order valence-corrected chi connectivity index (χ0v) is 14.3. The third-order valence-electron chi connectivity index (χ3n) is 3.23. The van der Waals surface area contributed by atoms with Crippen LogP contribution in [0.2, 0.25) is 0 Å². The number of hydrogen-bond acceptors (Lipinski definition) is 4. The lowest BCUT2D eigenvalue weighted by molar-refractivity contribution is -0.121. The summed E-state index contributed by atoms with van der Waals surface area (Å²) in [6, 6.07) is 10.8. The summed E-state index contributed by atoms with van der Waals surface area (Å²) < 4.78 is 5.46. The van der Waals surface area contributed by atoms with Gasteiger partial charge in [-0.15, -0.1) is 11.3 Å². The third kappa shape index (κ3) is 6.29. The summed E-state index contributed by atoms with van der Waals surface area (Å²) in [7, 11) is 1.59. The van der Waals surface area contributed by atoms with E-state index in [0.29, 0.717) is 31.0 Å². The van der Waals surface area contributed by atoms with Crippen molar-refractivity contribution < 1.29 is 14.3 Å². The van der Waals surface area contributed by atoms with E-state index in [1.165, 1.54) is 4.88 Å². The fourth-order valence-electron chi connectivity index (χ4n) is 1.95. The number of nitrogens with one attached hydrogen (secondary N) is 3. The van der Waals surface area contributed by atoms with Crippen molar-refractivity contribution in [2.45, 2.75) is 12.8 Å². The average Bonchev–Trinajstić information content (AvgIpc) is 3.09. The zero-order valence-electron chi connectivity index (χ0n) is 13.5. The molecule has 3 amide bonds. The van der Waals surface area contributed by atoms with Gasteiger partial charge in [-0.3, -0.25) is 4.79 Å². The summed E-state index contributed by atoms with van der Waals surface area (Å²) in [5.41, 5.74) is 0.683. The first-order chi connectivity index (χ1) is 11.7. The molecule has 0 saturated heterocycles. The van der Waals surface area contributed by atoms with Gasteiger partial charge in [-0.05, 0) is 42.1 Å². The molecule has 0 aliphatic rings. The minimum Gasteiger partial charge on any atom is -0.493 e. The molecule has 1 aromatic carbocycles. The Hall–Kier alpha value is -2.54. The van der Waals surface area contributed by atoms with Crippen LogP contribution < -0.4 is 20.7 Å². The Labute approximate surface area is 145 Å². The van der Waals surface area contributed by atoms with Gasteiger partial charge < -0.3 is 20.7 Å². The second-order valence-electron chi connectivity index (χ2n) is 5.01. The first kappa shape index (κ1) is 17.8. The van der Waals surface area contributed by atoms with E-state index in [1.807, 2.05) is 17.5 Å². The van der Waals surface area contributed by atoms with Crippen molar-refractivity contribution >= 4 is 29.0 Å². The number of amides is 3. The fourth-order valence-corrected chi connectivity index (χ4v) is 2.66. The number of carbonyl (C=O) groups is 2. The van der Waals surface area contributed by atoms with Crippen LogP contribution in [0.1, 0.15) is 11.3 Å². The Morgan fingerprint density at radius 2 is 1.96 bits per heavy atom. The Morgan fingerprint density at radius 3 is 2.62 bits per heavy atom. The molecule has 0 aliphatic carbocycles. The van der Waals surface area contributed by atoms with E-state index in [2.05, 4.69) is 16.0 Å². The van der Waals surface area contributed by atoms with Crippen molar-refractivity contribution in [2.75, 3.05) is 25.5 Å². The van der Waals surface area contributed by atoms with Gasteiger partial charge in [0.1, 0.15) is 5.75 Å². The topological polar surface area (TPSA) is 79.5 Å². The van der Waals surface area contributed by atoms with Gasteiger partial charge in [0.05, 0.1) is 13.0 Å². The van der Waals surface area contributed by atoms with Crippen molar-refractivity contribution in [3.63, 3.8) is 0 Å². The van der Waals surface area contributed by atoms with Gasteiger partial charge in [0.2, 0.25) is 5.91 Å². The standard InChI is InChI=1S/C17H21N3O3S/c1-18-16(21)9-11-23-14-6-4-13(5-7-14)20-17(22)19-10-8-15-3-2-12-24-15/h2-7,12H,8-11H2,1H3,(H,18,21)(H2,19,20,22). The quantitative estimate of drug-likeness (QED) is 0.687. The second-order valence-corrected chi connectivity index (χ2v) is 6.04. The summed E-state index contributed by atoms with van der Waals surface area (Å²) >= 11 is 1.68. The molecule has 0 unspecified atom stereocenters. The number of hydrogen-bond donors (Lipinski definition) is 3. The molecule has 0 fully saturated rings. The van der Waals surface area contributed by atoms with Crippen LogP contribution in [0.3, 0.4) is 0 Å². The van der Waals surface area contributed by atoms with Crippen molar-refractivity contribution in [3.8, 4) is 5.75 Å². The van der Waals surface area contributed by atoms with Crippen LogP contribution >= 0.6 is 11.3 Å². The van der Waals surface area contributed by atoms with E-state index in [0.717, 1.165) is 6.42 Å². The number of ether oxygens (including phenoxy) is 1. The van der Waals surface area contributed by atoms with Crippen molar-refractivity contribution in [1.29, 1.82) is 0 Å².